The molecule has 3 heteroatoms. The summed E-state index contributed by atoms with van der Waals surface area (Å²) in [4.78, 5) is 6.20. The number of rotatable bonds is 1. The second-order valence-electron chi connectivity index (χ2n) is 2.72. The summed E-state index contributed by atoms with van der Waals surface area (Å²) >= 11 is 0. The van der Waals surface area contributed by atoms with Gasteiger partial charge in [-0.05, 0) is 13.8 Å². The number of aliphatic hydroxyl groups excluding tert-OH is 1. The second kappa shape index (κ2) is 6.66. The molecule has 3 nitrogen and oxygen atoms in total. The number of nitrogens with zero attached hydrogens (tertiary/aromatic N) is 2. The normalized spacial score (nSPS) is 18.2. The van der Waals surface area contributed by atoms with Gasteiger partial charge in [0.05, 0.1) is 6.10 Å². The van der Waals surface area contributed by atoms with E-state index in [-0.39, 0.29) is 6.10 Å². The molecule has 1 aliphatic rings. The fraction of sp³-hybridized carbons (Fsp3) is 0.700. The molecule has 0 spiro atoms. The molecular formula is C10H20N2O. The van der Waals surface area contributed by atoms with Crippen LogP contribution in [0.1, 0.15) is 27.7 Å². The highest BCUT2D eigenvalue weighted by molar-refractivity contribution is 5.81. The quantitative estimate of drug-likeness (QED) is 0.497. The van der Waals surface area contributed by atoms with E-state index in [1.54, 1.807) is 6.20 Å². The van der Waals surface area contributed by atoms with E-state index in [0.29, 0.717) is 0 Å². The van der Waals surface area contributed by atoms with Crippen molar-refractivity contribution in [3.05, 3.63) is 12.3 Å². The molecule has 0 aromatic carbocycles. The van der Waals surface area contributed by atoms with Crippen LogP contribution in [0.25, 0.3) is 0 Å². The van der Waals surface area contributed by atoms with Crippen LogP contribution in [-0.2, 0) is 0 Å². The Hall–Kier alpha value is -0.830. The van der Waals surface area contributed by atoms with Crippen molar-refractivity contribution in [3.8, 4) is 0 Å². The molecule has 0 bridgehead atoms. The molecule has 0 aromatic rings. The van der Waals surface area contributed by atoms with Gasteiger partial charge in [0, 0.05) is 19.3 Å². The van der Waals surface area contributed by atoms with Gasteiger partial charge in [-0.25, -0.2) is 4.99 Å². The Morgan fingerprint density at radius 1 is 1.46 bits per heavy atom. The summed E-state index contributed by atoms with van der Waals surface area (Å²) in [6, 6.07) is 0. The van der Waals surface area contributed by atoms with Crippen molar-refractivity contribution < 1.29 is 5.11 Å². The third kappa shape index (κ3) is 4.08. The highest BCUT2D eigenvalue weighted by Gasteiger charge is 2.24. The molecule has 0 radical (unpaired) electrons. The van der Waals surface area contributed by atoms with Crippen molar-refractivity contribution >= 4 is 5.84 Å². The topological polar surface area (TPSA) is 35.8 Å². The number of allylic oxidation sites excluding steroid dienone is 1. The van der Waals surface area contributed by atoms with Gasteiger partial charge in [-0.2, -0.15) is 0 Å². The van der Waals surface area contributed by atoms with E-state index in [2.05, 4.69) is 4.99 Å². The van der Waals surface area contributed by atoms with E-state index in [9.17, 15) is 0 Å². The Morgan fingerprint density at radius 2 is 2.00 bits per heavy atom. The summed E-state index contributed by atoms with van der Waals surface area (Å²) in [5.74, 6) is 0.980. The third-order valence-electron chi connectivity index (χ3n) is 1.73. The molecule has 1 saturated heterocycles. The van der Waals surface area contributed by atoms with Gasteiger partial charge in [0.25, 0.3) is 0 Å². The van der Waals surface area contributed by atoms with Gasteiger partial charge in [0.2, 0.25) is 0 Å². The Labute approximate surface area is 80.8 Å². The Kier molecular flexibility index (Phi) is 6.24. The first-order valence-corrected chi connectivity index (χ1v) is 4.82. The van der Waals surface area contributed by atoms with E-state index in [4.69, 9.17) is 5.11 Å². The van der Waals surface area contributed by atoms with Crippen molar-refractivity contribution in [2.24, 2.45) is 4.99 Å². The largest absolute Gasteiger partial charge is 0.389 e. The number of likely N-dealkylation sites (tertiary alicyclic amines) is 1. The smallest absolute Gasteiger partial charge is 0.101 e. The van der Waals surface area contributed by atoms with E-state index < -0.39 is 0 Å². The van der Waals surface area contributed by atoms with Crippen LogP contribution >= 0.6 is 0 Å². The summed E-state index contributed by atoms with van der Waals surface area (Å²) in [6.45, 7) is 9.34. The number of β-amino-alcohol motifs (C(OH)–C–C–N with tert-alkyl or cyclic N) is 1. The van der Waals surface area contributed by atoms with Crippen LogP contribution in [0.5, 0.6) is 0 Å². The SMILES string of the molecule is C/C=C\N=C(C)N1CC(O)C1.CC. The van der Waals surface area contributed by atoms with E-state index in [0.717, 1.165) is 18.9 Å². The van der Waals surface area contributed by atoms with E-state index in [1.807, 2.05) is 38.7 Å². The maximum atomic E-state index is 8.98. The lowest BCUT2D eigenvalue weighted by Gasteiger charge is -2.37. The Morgan fingerprint density at radius 3 is 2.38 bits per heavy atom. The predicted octanol–water partition coefficient (Wildman–Crippen LogP) is 1.64. The maximum Gasteiger partial charge on any atom is 0.101 e. The highest BCUT2D eigenvalue weighted by Crippen LogP contribution is 2.07. The summed E-state index contributed by atoms with van der Waals surface area (Å²) in [6.07, 6.45) is 3.51. The minimum Gasteiger partial charge on any atom is -0.389 e. The van der Waals surface area contributed by atoms with Gasteiger partial charge >= 0.3 is 0 Å². The Bertz CT molecular complexity index is 181. The number of amidine groups is 1. The molecule has 0 saturated carbocycles. The number of hydrogen-bond acceptors (Lipinski definition) is 2. The molecule has 0 unspecified atom stereocenters. The van der Waals surface area contributed by atoms with Crippen LogP contribution in [0, 0.1) is 0 Å². The van der Waals surface area contributed by atoms with Gasteiger partial charge in [-0.1, -0.05) is 19.9 Å². The fourth-order valence-corrected chi connectivity index (χ4v) is 0.984. The van der Waals surface area contributed by atoms with Crippen LogP contribution in [0.15, 0.2) is 17.3 Å². The van der Waals surface area contributed by atoms with Gasteiger partial charge in [0.1, 0.15) is 5.84 Å². The molecule has 1 heterocycles. The lowest BCUT2D eigenvalue weighted by molar-refractivity contribution is 0.0463. The number of aliphatic hydroxyl groups is 1. The first-order valence-electron chi connectivity index (χ1n) is 4.82. The van der Waals surface area contributed by atoms with Gasteiger partial charge < -0.3 is 10.0 Å². The molecule has 0 aliphatic carbocycles. The first kappa shape index (κ1) is 12.2. The summed E-state index contributed by atoms with van der Waals surface area (Å²) < 4.78 is 0. The lowest BCUT2D eigenvalue weighted by atomic mass is 10.2. The van der Waals surface area contributed by atoms with Crippen molar-refractivity contribution in [3.63, 3.8) is 0 Å². The van der Waals surface area contributed by atoms with Crippen LogP contribution in [0.3, 0.4) is 0 Å². The number of hydrogen-bond donors (Lipinski definition) is 1. The zero-order valence-corrected chi connectivity index (χ0v) is 8.99. The van der Waals surface area contributed by atoms with Crippen molar-refractivity contribution in [1.82, 2.24) is 4.90 Å². The second-order valence-corrected chi connectivity index (χ2v) is 2.72. The van der Waals surface area contributed by atoms with Crippen LogP contribution in [0.4, 0.5) is 0 Å². The molecule has 1 fully saturated rings. The zero-order chi connectivity index (χ0) is 10.3. The molecule has 1 rings (SSSR count). The average Bonchev–Trinajstić information content (AvgIpc) is 2.12. The minimum absolute atomic E-state index is 0.147. The lowest BCUT2D eigenvalue weighted by Crippen LogP contribution is -2.52. The summed E-state index contributed by atoms with van der Waals surface area (Å²) in [7, 11) is 0. The Balaban J connectivity index is 0.000000671. The van der Waals surface area contributed by atoms with Crippen molar-refractivity contribution in [1.29, 1.82) is 0 Å². The van der Waals surface area contributed by atoms with E-state index in [1.165, 1.54) is 0 Å². The highest BCUT2D eigenvalue weighted by atomic mass is 16.3. The molecule has 0 amide bonds. The monoisotopic (exact) mass is 184 g/mol. The molecule has 76 valence electrons. The standard InChI is InChI=1S/C8H14N2O.C2H6/c1-3-4-9-7(2)10-5-8(11)6-10;1-2/h3-4,8,11H,5-6H2,1-2H3;1-2H3/b4-3-,9-7?;. The van der Waals surface area contributed by atoms with Gasteiger partial charge in [-0.3, -0.25) is 0 Å². The van der Waals surface area contributed by atoms with E-state index >= 15 is 0 Å². The van der Waals surface area contributed by atoms with Gasteiger partial charge in [0.15, 0.2) is 0 Å². The molecule has 1 aliphatic heterocycles. The molecule has 0 aromatic heterocycles. The maximum absolute atomic E-state index is 8.98. The fourth-order valence-electron chi connectivity index (χ4n) is 0.984. The summed E-state index contributed by atoms with van der Waals surface area (Å²) in [5, 5.41) is 8.98. The van der Waals surface area contributed by atoms with Gasteiger partial charge in [-0.15, -0.1) is 0 Å². The van der Waals surface area contributed by atoms with Crippen molar-refractivity contribution in [2.45, 2.75) is 33.8 Å². The minimum atomic E-state index is -0.147. The number of aliphatic imine (C=N–C) groups is 1. The van der Waals surface area contributed by atoms with Crippen LogP contribution in [-0.4, -0.2) is 35.0 Å². The average molecular weight is 184 g/mol. The molecular weight excluding hydrogens is 164 g/mol. The van der Waals surface area contributed by atoms with Crippen molar-refractivity contribution in [2.75, 3.05) is 13.1 Å². The van der Waals surface area contributed by atoms with Crippen LogP contribution in [0.2, 0.25) is 0 Å². The predicted molar refractivity (Wildman–Crippen MR) is 56.9 cm³/mol. The molecule has 0 atom stereocenters. The van der Waals surface area contributed by atoms with Crippen LogP contribution < -0.4 is 0 Å². The first-order chi connectivity index (χ1) is 6.24. The third-order valence-corrected chi connectivity index (χ3v) is 1.73. The summed E-state index contributed by atoms with van der Waals surface area (Å²) in [5.41, 5.74) is 0. The molecule has 13 heavy (non-hydrogen) atoms. The zero-order valence-electron chi connectivity index (χ0n) is 8.99. The molecule has 1 N–H and O–H groups in total.